The van der Waals surface area contributed by atoms with Crippen LogP contribution in [0, 0.1) is 12.3 Å². The number of allylic oxidation sites excluding steroid dienone is 2. The Morgan fingerprint density at radius 3 is 2.48 bits per heavy atom. The maximum atomic E-state index is 12.9. The second kappa shape index (κ2) is 6.06. The number of methoxy groups -OCH3 is 1. The third-order valence-corrected chi connectivity index (χ3v) is 4.77. The molecule has 0 spiro atoms. The van der Waals surface area contributed by atoms with Crippen LogP contribution in [0.1, 0.15) is 43.7 Å². The molecule has 1 aromatic rings. The summed E-state index contributed by atoms with van der Waals surface area (Å²) in [6.45, 7) is 6.03. The van der Waals surface area contributed by atoms with Crippen molar-refractivity contribution in [1.29, 1.82) is 0 Å². The van der Waals surface area contributed by atoms with Gasteiger partial charge in [-0.25, -0.2) is 4.79 Å². The van der Waals surface area contributed by atoms with E-state index in [-0.39, 0.29) is 22.7 Å². The van der Waals surface area contributed by atoms with Gasteiger partial charge in [-0.05, 0) is 17.9 Å². The second-order valence-electron chi connectivity index (χ2n) is 7.49. The molecule has 0 saturated carbocycles. The van der Waals surface area contributed by atoms with Crippen LogP contribution >= 0.6 is 0 Å². The monoisotopic (exact) mass is 341 g/mol. The van der Waals surface area contributed by atoms with Crippen LogP contribution in [0.2, 0.25) is 0 Å². The smallest absolute Gasteiger partial charge is 0.340 e. The number of rotatable bonds is 2. The molecule has 1 atom stereocenters. The van der Waals surface area contributed by atoms with Crippen LogP contribution in [0.5, 0.6) is 0 Å². The zero-order valence-corrected chi connectivity index (χ0v) is 15.0. The summed E-state index contributed by atoms with van der Waals surface area (Å²) in [5.74, 6) is -0.558. The van der Waals surface area contributed by atoms with Crippen LogP contribution in [0.4, 0.5) is 0 Å². The van der Waals surface area contributed by atoms with Crippen LogP contribution in [0.3, 0.4) is 0 Å². The summed E-state index contributed by atoms with van der Waals surface area (Å²) in [5, 5.41) is 0. The van der Waals surface area contributed by atoms with E-state index >= 15 is 0 Å². The molecule has 5 heteroatoms. The molecule has 1 aliphatic carbocycles. The third kappa shape index (κ3) is 3.06. The predicted octanol–water partition coefficient (Wildman–Crippen LogP) is 3.10. The summed E-state index contributed by atoms with van der Waals surface area (Å²) < 4.78 is 10.6. The maximum Gasteiger partial charge on any atom is 0.340 e. The van der Waals surface area contributed by atoms with Crippen molar-refractivity contribution < 1.29 is 19.1 Å². The van der Waals surface area contributed by atoms with Crippen molar-refractivity contribution in [1.82, 2.24) is 0 Å². The van der Waals surface area contributed by atoms with E-state index < -0.39 is 11.9 Å². The lowest BCUT2D eigenvalue weighted by atomic mass is 9.70. The van der Waals surface area contributed by atoms with Gasteiger partial charge in [-0.3, -0.25) is 4.79 Å². The summed E-state index contributed by atoms with van der Waals surface area (Å²) in [7, 11) is 1.30. The van der Waals surface area contributed by atoms with E-state index in [0.29, 0.717) is 24.2 Å². The standard InChI is InChI=1S/C20H23NO4/c1-11-5-7-12(8-6-11)15-16-13(22)9-20(2,3)10-14(16)25-18(21)17(15)19(23)24-4/h5-8,15H,9-10,21H2,1-4H3/t15-/m1/s1. The number of aryl methyl sites for hydroxylation is 1. The van der Waals surface area contributed by atoms with E-state index in [9.17, 15) is 9.59 Å². The molecule has 1 aromatic carbocycles. The molecule has 0 aromatic heterocycles. The number of hydrogen-bond acceptors (Lipinski definition) is 5. The fourth-order valence-electron chi connectivity index (χ4n) is 3.59. The first kappa shape index (κ1) is 17.3. The Hall–Kier alpha value is -2.56. The lowest BCUT2D eigenvalue weighted by molar-refractivity contribution is -0.136. The fraction of sp³-hybridized carbons (Fsp3) is 0.400. The first-order chi connectivity index (χ1) is 11.7. The highest BCUT2D eigenvalue weighted by atomic mass is 16.5. The SMILES string of the molecule is COC(=O)C1=C(N)OC2=C(C(=O)CC(C)(C)C2)[C@H]1c1ccc(C)cc1. The minimum Gasteiger partial charge on any atom is -0.465 e. The molecule has 0 amide bonds. The number of carbonyl (C=O) groups is 2. The maximum absolute atomic E-state index is 12.9. The summed E-state index contributed by atoms with van der Waals surface area (Å²) in [6, 6.07) is 7.74. The highest BCUT2D eigenvalue weighted by Gasteiger charge is 2.44. The number of Topliss-reactive ketones (excluding diaryl/α,β-unsaturated/α-hetero) is 1. The molecule has 2 N–H and O–H groups in total. The molecule has 1 heterocycles. The van der Waals surface area contributed by atoms with Crippen molar-refractivity contribution in [2.75, 3.05) is 7.11 Å². The summed E-state index contributed by atoms with van der Waals surface area (Å²) in [4.78, 5) is 25.3. The minimum atomic E-state index is -0.577. The molecule has 132 valence electrons. The van der Waals surface area contributed by atoms with Gasteiger partial charge in [0.1, 0.15) is 11.3 Å². The molecule has 0 saturated heterocycles. The van der Waals surface area contributed by atoms with E-state index in [1.165, 1.54) is 7.11 Å². The Kier molecular flexibility index (Phi) is 4.19. The highest BCUT2D eigenvalue weighted by Crippen LogP contribution is 2.48. The van der Waals surface area contributed by atoms with Crippen molar-refractivity contribution in [3.8, 4) is 0 Å². The number of esters is 1. The van der Waals surface area contributed by atoms with E-state index in [2.05, 4.69) is 0 Å². The van der Waals surface area contributed by atoms with Gasteiger partial charge < -0.3 is 15.2 Å². The third-order valence-electron chi connectivity index (χ3n) is 4.77. The first-order valence-electron chi connectivity index (χ1n) is 8.32. The minimum absolute atomic E-state index is 0.00859. The normalized spacial score (nSPS) is 22.4. The number of nitrogens with two attached hydrogens (primary N) is 1. The number of ether oxygens (including phenoxy) is 2. The lowest BCUT2D eigenvalue weighted by Crippen LogP contribution is -2.35. The van der Waals surface area contributed by atoms with Gasteiger partial charge in [0.15, 0.2) is 5.78 Å². The summed E-state index contributed by atoms with van der Waals surface area (Å²) in [5.41, 5.74) is 8.51. The van der Waals surface area contributed by atoms with E-state index in [1.54, 1.807) is 0 Å². The van der Waals surface area contributed by atoms with E-state index in [0.717, 1.165) is 11.1 Å². The Labute approximate surface area is 147 Å². The largest absolute Gasteiger partial charge is 0.465 e. The molecule has 3 rings (SSSR count). The number of hydrogen-bond donors (Lipinski definition) is 1. The van der Waals surface area contributed by atoms with E-state index in [1.807, 2.05) is 45.0 Å². The highest BCUT2D eigenvalue weighted by molar-refractivity contribution is 6.03. The van der Waals surface area contributed by atoms with Crippen LogP contribution in [0.15, 0.2) is 47.1 Å². The molecule has 25 heavy (non-hydrogen) atoms. The molecule has 5 nitrogen and oxygen atoms in total. The molecular weight excluding hydrogens is 318 g/mol. The summed E-state index contributed by atoms with van der Waals surface area (Å²) >= 11 is 0. The molecular formula is C20H23NO4. The van der Waals surface area contributed by atoms with E-state index in [4.69, 9.17) is 15.2 Å². The Bertz CT molecular complexity index is 799. The predicted molar refractivity (Wildman–Crippen MR) is 93.3 cm³/mol. The summed E-state index contributed by atoms with van der Waals surface area (Å²) in [6.07, 6.45) is 1.01. The van der Waals surface area contributed by atoms with Crippen molar-refractivity contribution in [3.63, 3.8) is 0 Å². The van der Waals surface area contributed by atoms with Gasteiger partial charge in [-0.15, -0.1) is 0 Å². The van der Waals surface area contributed by atoms with Crippen molar-refractivity contribution in [2.24, 2.45) is 11.1 Å². The van der Waals surface area contributed by atoms with Gasteiger partial charge in [0, 0.05) is 18.4 Å². The lowest BCUT2D eigenvalue weighted by Gasteiger charge is -2.37. The molecule has 1 aliphatic heterocycles. The average Bonchev–Trinajstić information content (AvgIpc) is 2.52. The average molecular weight is 341 g/mol. The van der Waals surface area contributed by atoms with Crippen LogP contribution in [0.25, 0.3) is 0 Å². The van der Waals surface area contributed by atoms with Crippen LogP contribution in [-0.4, -0.2) is 18.9 Å². The van der Waals surface area contributed by atoms with Gasteiger partial charge in [-0.2, -0.15) is 0 Å². The Morgan fingerprint density at radius 1 is 1.24 bits per heavy atom. The van der Waals surface area contributed by atoms with Gasteiger partial charge >= 0.3 is 5.97 Å². The van der Waals surface area contributed by atoms with Gasteiger partial charge in [0.2, 0.25) is 5.88 Å². The quantitative estimate of drug-likeness (QED) is 0.836. The number of ketones is 1. The zero-order valence-electron chi connectivity index (χ0n) is 15.0. The zero-order chi connectivity index (χ0) is 18.4. The first-order valence-corrected chi connectivity index (χ1v) is 8.32. The topological polar surface area (TPSA) is 78.6 Å². The molecule has 0 unspecified atom stereocenters. The van der Waals surface area contributed by atoms with Crippen molar-refractivity contribution in [2.45, 2.75) is 39.5 Å². The molecule has 2 aliphatic rings. The second-order valence-corrected chi connectivity index (χ2v) is 7.49. The molecule has 0 radical (unpaired) electrons. The van der Waals surface area contributed by atoms with Gasteiger partial charge in [0.05, 0.1) is 13.0 Å². The number of carbonyl (C=O) groups excluding carboxylic acids is 2. The Morgan fingerprint density at radius 2 is 1.88 bits per heavy atom. The fourth-order valence-corrected chi connectivity index (χ4v) is 3.59. The van der Waals surface area contributed by atoms with Gasteiger partial charge in [-0.1, -0.05) is 43.7 Å². The van der Waals surface area contributed by atoms with Crippen molar-refractivity contribution >= 4 is 11.8 Å². The number of benzene rings is 1. The van der Waals surface area contributed by atoms with Gasteiger partial charge in [0.25, 0.3) is 0 Å². The van der Waals surface area contributed by atoms with Crippen LogP contribution in [-0.2, 0) is 19.1 Å². The molecule has 0 fully saturated rings. The van der Waals surface area contributed by atoms with Crippen LogP contribution < -0.4 is 5.73 Å². The van der Waals surface area contributed by atoms with Crippen molar-refractivity contribution in [3.05, 3.63) is 58.2 Å². The molecule has 0 bridgehead atoms. The Balaban J connectivity index is 2.19.